The molecule has 0 saturated carbocycles. The summed E-state index contributed by atoms with van der Waals surface area (Å²) in [6.07, 6.45) is -5.06. The number of likely N-dealkylation sites (N-methyl/N-ethyl adjacent to an activating group) is 1. The second-order valence-electron chi connectivity index (χ2n) is 11.0. The van der Waals surface area contributed by atoms with Crippen LogP contribution in [0.5, 0.6) is 5.75 Å². The van der Waals surface area contributed by atoms with Crippen LogP contribution in [0, 0.1) is 0 Å². The summed E-state index contributed by atoms with van der Waals surface area (Å²) in [6.45, 7) is 5.37. The van der Waals surface area contributed by atoms with Gasteiger partial charge in [-0.25, -0.2) is 9.59 Å². The molecule has 3 aromatic rings. The highest BCUT2D eigenvalue weighted by Crippen LogP contribution is 2.43. The lowest BCUT2D eigenvalue weighted by atomic mass is 10.1. The number of anilines is 1. The summed E-state index contributed by atoms with van der Waals surface area (Å²) in [4.78, 5) is 40.7. The SMILES string of the molecule is COC(=O)[C@@H](CC(=O)N1CCc2cc(OCc3cc(-c4ccccc4)c(C(F)(F)F)s3)ccc21)N(C)C(=O)OC(C)(C)C. The van der Waals surface area contributed by atoms with E-state index in [-0.39, 0.29) is 24.5 Å². The molecule has 2 heterocycles. The third kappa shape index (κ3) is 7.67. The zero-order valence-electron chi connectivity index (χ0n) is 24.5. The molecular formula is C31H33F3N2O6S. The van der Waals surface area contributed by atoms with Crippen LogP contribution >= 0.6 is 11.3 Å². The van der Waals surface area contributed by atoms with Gasteiger partial charge in [0.25, 0.3) is 0 Å². The van der Waals surface area contributed by atoms with E-state index in [0.717, 1.165) is 10.5 Å². The lowest BCUT2D eigenvalue weighted by Crippen LogP contribution is -2.48. The molecule has 0 aliphatic carbocycles. The Morgan fingerprint density at radius 3 is 2.37 bits per heavy atom. The van der Waals surface area contributed by atoms with Crippen molar-refractivity contribution in [3.63, 3.8) is 0 Å². The summed E-state index contributed by atoms with van der Waals surface area (Å²) in [5, 5.41) is 0. The molecule has 0 bridgehead atoms. The third-order valence-corrected chi connectivity index (χ3v) is 7.90. The number of nitrogens with zero attached hydrogens (tertiary/aromatic N) is 2. The van der Waals surface area contributed by atoms with Crippen LogP contribution in [0.2, 0.25) is 0 Å². The minimum Gasteiger partial charge on any atom is -0.488 e. The molecule has 0 unspecified atom stereocenters. The average Bonchev–Trinajstić information content (AvgIpc) is 3.58. The number of esters is 1. The summed E-state index contributed by atoms with van der Waals surface area (Å²) in [6, 6.07) is 13.8. The van der Waals surface area contributed by atoms with Gasteiger partial charge in [0.1, 0.15) is 28.9 Å². The Morgan fingerprint density at radius 2 is 1.74 bits per heavy atom. The highest BCUT2D eigenvalue weighted by atomic mass is 32.1. The Kier molecular flexibility index (Phi) is 9.38. The number of hydrogen-bond donors (Lipinski definition) is 0. The summed E-state index contributed by atoms with van der Waals surface area (Å²) < 4.78 is 57.3. The monoisotopic (exact) mass is 618 g/mol. The quantitative estimate of drug-likeness (QED) is 0.261. The van der Waals surface area contributed by atoms with Crippen molar-refractivity contribution in [1.29, 1.82) is 0 Å². The highest BCUT2D eigenvalue weighted by molar-refractivity contribution is 7.12. The molecule has 0 fully saturated rings. The van der Waals surface area contributed by atoms with Crippen molar-refractivity contribution in [2.75, 3.05) is 25.6 Å². The first-order valence-electron chi connectivity index (χ1n) is 13.5. The largest absolute Gasteiger partial charge is 0.488 e. The Hall–Kier alpha value is -4.06. The predicted octanol–water partition coefficient (Wildman–Crippen LogP) is 6.70. The van der Waals surface area contributed by atoms with Crippen molar-refractivity contribution in [3.8, 4) is 16.9 Å². The number of methoxy groups -OCH3 is 1. The van der Waals surface area contributed by atoms with E-state index in [2.05, 4.69) is 0 Å². The molecule has 8 nitrogen and oxygen atoms in total. The molecule has 1 aliphatic heterocycles. The fourth-order valence-corrected chi connectivity index (χ4v) is 5.65. The van der Waals surface area contributed by atoms with Crippen molar-refractivity contribution in [1.82, 2.24) is 4.90 Å². The van der Waals surface area contributed by atoms with Crippen LogP contribution in [0.4, 0.5) is 23.7 Å². The van der Waals surface area contributed by atoms with Crippen LogP contribution in [0.15, 0.2) is 54.6 Å². The first kappa shape index (κ1) is 31.9. The Balaban J connectivity index is 1.45. The number of carbonyl (C=O) groups is 3. The van der Waals surface area contributed by atoms with Gasteiger partial charge in [-0.3, -0.25) is 9.69 Å². The molecule has 1 atom stereocenters. The van der Waals surface area contributed by atoms with Crippen molar-refractivity contribution < 1.29 is 41.8 Å². The molecular weight excluding hydrogens is 585 g/mol. The molecule has 230 valence electrons. The van der Waals surface area contributed by atoms with E-state index in [1.807, 2.05) is 0 Å². The second-order valence-corrected chi connectivity index (χ2v) is 12.2. The molecule has 0 radical (unpaired) electrons. The fraction of sp³-hybridized carbons (Fsp3) is 0.387. The van der Waals surface area contributed by atoms with E-state index in [1.165, 1.54) is 25.1 Å². The molecule has 43 heavy (non-hydrogen) atoms. The number of fused-ring (bicyclic) bond motifs is 1. The van der Waals surface area contributed by atoms with Crippen molar-refractivity contribution in [2.24, 2.45) is 0 Å². The van der Waals surface area contributed by atoms with E-state index in [1.54, 1.807) is 69.3 Å². The number of thiophene rings is 1. The van der Waals surface area contributed by atoms with Crippen molar-refractivity contribution >= 4 is 35.0 Å². The Labute approximate surface area is 251 Å². The van der Waals surface area contributed by atoms with Gasteiger partial charge in [-0.05, 0) is 62.6 Å². The second kappa shape index (κ2) is 12.7. The predicted molar refractivity (Wildman–Crippen MR) is 156 cm³/mol. The van der Waals surface area contributed by atoms with Crippen molar-refractivity contribution in [3.05, 3.63) is 69.9 Å². The molecule has 4 rings (SSSR count). The molecule has 0 saturated heterocycles. The van der Waals surface area contributed by atoms with Gasteiger partial charge in [0.05, 0.1) is 13.5 Å². The van der Waals surface area contributed by atoms with E-state index >= 15 is 0 Å². The Morgan fingerprint density at radius 1 is 1.05 bits per heavy atom. The standard InChI is InChI=1S/C31H33F3N2O6S/c1-30(2,3)42-29(39)35(4)25(28(38)40-5)17-26(37)36-14-13-20-15-21(11-12-24(20)36)41-18-22-16-23(19-9-7-6-8-10-19)27(43-22)31(32,33)34/h6-12,15-16,25H,13-14,17-18H2,1-5H3/t25-/m1/s1. The zero-order chi connectivity index (χ0) is 31.5. The van der Waals surface area contributed by atoms with E-state index < -0.39 is 34.8 Å². The van der Waals surface area contributed by atoms with Crippen LogP contribution < -0.4 is 9.64 Å². The molecule has 12 heteroatoms. The van der Waals surface area contributed by atoms with Gasteiger partial charge in [-0.2, -0.15) is 13.2 Å². The maximum Gasteiger partial charge on any atom is 0.426 e. The van der Waals surface area contributed by atoms with Crippen LogP contribution in [0.25, 0.3) is 11.1 Å². The number of hydrogen-bond acceptors (Lipinski definition) is 7. The number of ether oxygens (including phenoxy) is 3. The highest BCUT2D eigenvalue weighted by Gasteiger charge is 2.37. The molecule has 2 amide bonds. The lowest BCUT2D eigenvalue weighted by Gasteiger charge is -2.30. The summed E-state index contributed by atoms with van der Waals surface area (Å²) in [7, 11) is 2.55. The van der Waals surface area contributed by atoms with Crippen LogP contribution in [-0.4, -0.2) is 55.2 Å². The molecule has 0 N–H and O–H groups in total. The smallest absolute Gasteiger partial charge is 0.426 e. The van der Waals surface area contributed by atoms with Gasteiger partial charge in [-0.15, -0.1) is 11.3 Å². The fourth-order valence-electron chi connectivity index (χ4n) is 4.69. The maximum atomic E-state index is 13.7. The summed E-state index contributed by atoms with van der Waals surface area (Å²) >= 11 is 0.650. The van der Waals surface area contributed by atoms with Crippen LogP contribution in [-0.2, 0) is 38.3 Å². The van der Waals surface area contributed by atoms with Gasteiger partial charge in [0, 0.05) is 29.7 Å². The first-order valence-corrected chi connectivity index (χ1v) is 14.3. The zero-order valence-corrected chi connectivity index (χ0v) is 25.3. The molecule has 1 aliphatic rings. The number of benzene rings is 2. The minimum absolute atomic E-state index is 0.0557. The average molecular weight is 619 g/mol. The number of rotatable bonds is 8. The number of alkyl halides is 3. The third-order valence-electron chi connectivity index (χ3n) is 6.74. The van der Waals surface area contributed by atoms with Gasteiger partial charge >= 0.3 is 18.2 Å². The van der Waals surface area contributed by atoms with Crippen molar-refractivity contribution in [2.45, 2.75) is 58.0 Å². The van der Waals surface area contributed by atoms with Gasteiger partial charge in [0.15, 0.2) is 0 Å². The van der Waals surface area contributed by atoms with Crippen LogP contribution in [0.3, 0.4) is 0 Å². The minimum atomic E-state index is -4.49. The van der Waals surface area contributed by atoms with Crippen LogP contribution in [0.1, 0.15) is 42.5 Å². The number of amides is 2. The van der Waals surface area contributed by atoms with E-state index in [9.17, 15) is 27.6 Å². The van der Waals surface area contributed by atoms with E-state index in [4.69, 9.17) is 14.2 Å². The Bertz CT molecular complexity index is 1480. The summed E-state index contributed by atoms with van der Waals surface area (Å²) in [5.74, 6) is -0.680. The maximum absolute atomic E-state index is 13.7. The topological polar surface area (TPSA) is 85.4 Å². The van der Waals surface area contributed by atoms with E-state index in [0.29, 0.717) is 46.2 Å². The van der Waals surface area contributed by atoms with Gasteiger partial charge < -0.3 is 19.1 Å². The normalized spacial score (nSPS) is 13.7. The first-order chi connectivity index (χ1) is 20.2. The lowest BCUT2D eigenvalue weighted by molar-refractivity contribution is -0.148. The molecule has 0 spiro atoms. The summed E-state index contributed by atoms with van der Waals surface area (Å²) in [5.41, 5.74) is 1.24. The van der Waals surface area contributed by atoms with Gasteiger partial charge in [-0.1, -0.05) is 30.3 Å². The van der Waals surface area contributed by atoms with Gasteiger partial charge in [0.2, 0.25) is 5.91 Å². The molecule has 1 aromatic heterocycles. The number of halogens is 3. The number of carbonyl (C=O) groups excluding carboxylic acids is 3. The molecule has 2 aromatic carbocycles.